The van der Waals surface area contributed by atoms with Crippen molar-refractivity contribution >= 4 is 17.8 Å². The number of carbonyl (C=O) groups is 2. The predicted molar refractivity (Wildman–Crippen MR) is 66.0 cm³/mol. The Morgan fingerprint density at radius 1 is 1.53 bits per heavy atom. The lowest BCUT2D eigenvalue weighted by Crippen LogP contribution is -2.37. The van der Waals surface area contributed by atoms with Crippen LogP contribution in [0.3, 0.4) is 0 Å². The van der Waals surface area contributed by atoms with Crippen molar-refractivity contribution in [1.29, 1.82) is 0 Å². The Morgan fingerprint density at radius 3 is 2.74 bits per heavy atom. The Morgan fingerprint density at radius 2 is 2.16 bits per heavy atom. The third-order valence-electron chi connectivity index (χ3n) is 2.71. The maximum Gasteiger partial charge on any atom is 0.435 e. The second-order valence-corrected chi connectivity index (χ2v) is 5.66. The lowest BCUT2D eigenvalue weighted by molar-refractivity contribution is -0.127. The van der Waals surface area contributed by atoms with Gasteiger partial charge in [0.25, 0.3) is 5.91 Å². The van der Waals surface area contributed by atoms with E-state index in [2.05, 4.69) is 5.10 Å². The highest BCUT2D eigenvalue weighted by Gasteiger charge is 2.33. The van der Waals surface area contributed by atoms with Crippen LogP contribution in [0, 0.1) is 5.92 Å². The van der Waals surface area contributed by atoms with Gasteiger partial charge in [0.2, 0.25) is 0 Å². The minimum absolute atomic E-state index is 0.0916. The monoisotopic (exact) mass is 267 g/mol. The molecule has 2 heterocycles. The van der Waals surface area contributed by atoms with Crippen LogP contribution in [0.15, 0.2) is 6.20 Å². The topological polar surface area (TPSA) is 84.7 Å². The summed E-state index contributed by atoms with van der Waals surface area (Å²) in [5.41, 5.74) is 0.00593. The minimum atomic E-state index is -0.643. The summed E-state index contributed by atoms with van der Waals surface area (Å²) in [6.45, 7) is 6.95. The zero-order valence-corrected chi connectivity index (χ0v) is 11.4. The fraction of sp³-hybridized carbons (Fsp3) is 0.583. The van der Waals surface area contributed by atoms with Crippen LogP contribution in [0.5, 0.6) is 0 Å². The smallest absolute Gasteiger partial charge is 0.435 e. The average Bonchev–Trinajstić information content (AvgIpc) is 2.68. The number of carbonyl (C=O) groups excluding carboxylic acids is 2. The molecule has 0 aliphatic carbocycles. The van der Waals surface area contributed by atoms with Gasteiger partial charge in [-0.25, -0.2) is 4.79 Å². The first-order valence-corrected chi connectivity index (χ1v) is 6.04. The van der Waals surface area contributed by atoms with Crippen molar-refractivity contribution in [3.8, 4) is 0 Å². The van der Waals surface area contributed by atoms with E-state index in [1.165, 1.54) is 6.20 Å². The van der Waals surface area contributed by atoms with Gasteiger partial charge in [0, 0.05) is 17.7 Å². The largest absolute Gasteiger partial charge is 0.442 e. The van der Waals surface area contributed by atoms with Crippen LogP contribution in [0.2, 0.25) is 0 Å². The summed E-state index contributed by atoms with van der Waals surface area (Å²) >= 11 is 0. The van der Waals surface area contributed by atoms with E-state index in [9.17, 15) is 14.8 Å². The molecule has 2 rings (SSSR count). The van der Waals surface area contributed by atoms with E-state index < -0.39 is 17.6 Å². The number of fused-ring (bicyclic) bond motifs is 1. The zero-order valence-electron chi connectivity index (χ0n) is 11.4. The summed E-state index contributed by atoms with van der Waals surface area (Å²) < 4.78 is 6.17. The second kappa shape index (κ2) is 4.34. The molecule has 0 radical (unpaired) electrons. The number of anilines is 1. The standard InChI is InChI=1S/C12H17N3O4/c1-7-5-8-6-14(11(17)19-12(2,3)4)13-9(8)15(18)10(7)16/h6-7,18H,5H2,1-4H3/t7-/m0/s1. The van der Waals surface area contributed by atoms with Crippen molar-refractivity contribution in [2.45, 2.75) is 39.7 Å². The third-order valence-corrected chi connectivity index (χ3v) is 2.71. The predicted octanol–water partition coefficient (Wildman–Crippen LogP) is 1.58. The van der Waals surface area contributed by atoms with Crippen LogP contribution in [0.25, 0.3) is 0 Å². The number of ether oxygens (including phenoxy) is 1. The summed E-state index contributed by atoms with van der Waals surface area (Å²) in [5, 5.41) is 14.1. The van der Waals surface area contributed by atoms with Crippen LogP contribution in [0.1, 0.15) is 33.3 Å². The highest BCUT2D eigenvalue weighted by atomic mass is 16.6. The van der Waals surface area contributed by atoms with Crippen LogP contribution in [0.4, 0.5) is 10.6 Å². The van der Waals surface area contributed by atoms with Crippen LogP contribution >= 0.6 is 0 Å². The third kappa shape index (κ3) is 2.60. The molecule has 1 aromatic rings. The molecule has 1 aromatic heterocycles. The van der Waals surface area contributed by atoms with Crippen LogP contribution in [-0.2, 0) is 16.0 Å². The molecule has 0 bridgehead atoms. The SMILES string of the molecule is C[C@H]1Cc2cn(C(=O)OC(C)(C)C)nc2N(O)C1=O. The molecular formula is C12H17N3O4. The van der Waals surface area contributed by atoms with Crippen molar-refractivity contribution in [1.82, 2.24) is 9.78 Å². The van der Waals surface area contributed by atoms with Crippen molar-refractivity contribution in [3.63, 3.8) is 0 Å². The molecule has 0 fully saturated rings. The summed E-state index contributed by atoms with van der Waals surface area (Å²) in [6, 6.07) is 0. The number of hydrogen-bond donors (Lipinski definition) is 1. The molecule has 19 heavy (non-hydrogen) atoms. The van der Waals surface area contributed by atoms with Crippen molar-refractivity contribution < 1.29 is 19.5 Å². The highest BCUT2D eigenvalue weighted by Crippen LogP contribution is 2.27. The summed E-state index contributed by atoms with van der Waals surface area (Å²) in [4.78, 5) is 23.4. The summed E-state index contributed by atoms with van der Waals surface area (Å²) in [6.07, 6.45) is 1.28. The summed E-state index contributed by atoms with van der Waals surface area (Å²) in [5.74, 6) is -0.676. The molecule has 104 valence electrons. The number of hydroxylamine groups is 1. The van der Waals surface area contributed by atoms with Gasteiger partial charge >= 0.3 is 6.09 Å². The van der Waals surface area contributed by atoms with E-state index >= 15 is 0 Å². The van der Waals surface area contributed by atoms with Gasteiger partial charge in [-0.15, -0.1) is 5.10 Å². The van der Waals surface area contributed by atoms with Gasteiger partial charge < -0.3 is 4.74 Å². The second-order valence-electron chi connectivity index (χ2n) is 5.66. The molecule has 0 saturated carbocycles. The minimum Gasteiger partial charge on any atom is -0.442 e. The van der Waals surface area contributed by atoms with Gasteiger partial charge in [0.15, 0.2) is 5.82 Å². The maximum atomic E-state index is 11.8. The van der Waals surface area contributed by atoms with E-state index in [1.54, 1.807) is 27.7 Å². The van der Waals surface area contributed by atoms with Gasteiger partial charge in [-0.3, -0.25) is 10.0 Å². The Bertz CT molecular complexity index is 530. The van der Waals surface area contributed by atoms with Gasteiger partial charge in [-0.1, -0.05) is 6.92 Å². The normalized spacial score (nSPS) is 19.3. The lowest BCUT2D eigenvalue weighted by atomic mass is 9.99. The quantitative estimate of drug-likeness (QED) is 0.721. The number of aromatic nitrogens is 2. The zero-order chi connectivity index (χ0) is 14.4. The highest BCUT2D eigenvalue weighted by molar-refractivity contribution is 5.94. The fourth-order valence-corrected chi connectivity index (χ4v) is 1.86. The number of nitrogens with zero attached hydrogens (tertiary/aromatic N) is 3. The van der Waals surface area contributed by atoms with Gasteiger partial charge in [-0.2, -0.15) is 9.75 Å². The molecule has 0 spiro atoms. The van der Waals surface area contributed by atoms with Gasteiger partial charge in [0.05, 0.1) is 0 Å². The van der Waals surface area contributed by atoms with Gasteiger partial charge in [0.1, 0.15) is 5.60 Å². The van der Waals surface area contributed by atoms with E-state index in [1.807, 2.05) is 0 Å². The first-order valence-electron chi connectivity index (χ1n) is 6.04. The molecular weight excluding hydrogens is 250 g/mol. The number of rotatable bonds is 0. The van der Waals surface area contributed by atoms with Gasteiger partial charge in [-0.05, 0) is 27.2 Å². The van der Waals surface area contributed by atoms with E-state index in [4.69, 9.17) is 4.74 Å². The number of amides is 1. The Labute approximate surface area is 110 Å². The van der Waals surface area contributed by atoms with E-state index in [0.717, 1.165) is 4.68 Å². The molecule has 0 saturated heterocycles. The van der Waals surface area contributed by atoms with Crippen LogP contribution in [-0.4, -0.2) is 32.6 Å². The fourth-order valence-electron chi connectivity index (χ4n) is 1.86. The molecule has 1 amide bonds. The molecule has 1 aliphatic rings. The first kappa shape index (κ1) is 13.5. The Balaban J connectivity index is 2.28. The molecule has 0 aromatic carbocycles. The molecule has 1 N–H and O–H groups in total. The lowest BCUT2D eigenvalue weighted by Gasteiger charge is -2.23. The molecule has 1 atom stereocenters. The molecule has 1 aliphatic heterocycles. The van der Waals surface area contributed by atoms with Crippen molar-refractivity contribution in [2.75, 3.05) is 5.06 Å². The van der Waals surface area contributed by atoms with Crippen LogP contribution < -0.4 is 5.06 Å². The number of hydrogen-bond acceptors (Lipinski definition) is 5. The van der Waals surface area contributed by atoms with Crippen molar-refractivity contribution in [3.05, 3.63) is 11.8 Å². The molecule has 7 heteroatoms. The molecule has 7 nitrogen and oxygen atoms in total. The average molecular weight is 267 g/mol. The molecule has 0 unspecified atom stereocenters. The Hall–Kier alpha value is -1.89. The van der Waals surface area contributed by atoms with E-state index in [-0.39, 0.29) is 11.7 Å². The van der Waals surface area contributed by atoms with Crippen molar-refractivity contribution in [2.24, 2.45) is 5.92 Å². The van der Waals surface area contributed by atoms with E-state index in [0.29, 0.717) is 17.0 Å². The Kier molecular flexibility index (Phi) is 3.09. The summed E-state index contributed by atoms with van der Waals surface area (Å²) in [7, 11) is 0. The first-order chi connectivity index (χ1) is 8.69. The maximum absolute atomic E-state index is 11.8.